The molecule has 0 atom stereocenters. The van der Waals surface area contributed by atoms with E-state index >= 15 is 0 Å². The molecule has 2 fully saturated rings. The number of benzene rings is 1. The van der Waals surface area contributed by atoms with Crippen molar-refractivity contribution in [1.29, 1.82) is 0 Å². The summed E-state index contributed by atoms with van der Waals surface area (Å²) in [5.41, 5.74) is 1.67. The van der Waals surface area contributed by atoms with E-state index in [0.717, 1.165) is 56.4 Å². The lowest BCUT2D eigenvalue weighted by molar-refractivity contribution is -0.135. The maximum Gasteiger partial charge on any atom is 0.240 e. The largest absolute Gasteiger partial charge is 0.354 e. The van der Waals surface area contributed by atoms with Crippen molar-refractivity contribution in [3.63, 3.8) is 0 Å². The Morgan fingerprint density at radius 1 is 1.04 bits per heavy atom. The molecule has 1 aliphatic carbocycles. The molecule has 5 heteroatoms. The standard InChI is InChI=1S/C22H33N3O2/c1-2-18-10-4-5-11-19(18)24-20(26)12-15-23-21(27)22(13-6-3-7-14-22)25-16-8-9-17-25/h4-5,10-11H,2-3,6-9,12-17H2,1H3,(H,23,27)(H,24,26). The predicted molar refractivity (Wildman–Crippen MR) is 109 cm³/mol. The fourth-order valence-corrected chi connectivity index (χ4v) is 4.59. The van der Waals surface area contributed by atoms with E-state index in [2.05, 4.69) is 22.5 Å². The van der Waals surface area contributed by atoms with Gasteiger partial charge in [-0.05, 0) is 56.8 Å². The molecule has 27 heavy (non-hydrogen) atoms. The molecule has 1 aromatic rings. The Labute approximate surface area is 162 Å². The average Bonchev–Trinajstić information content (AvgIpc) is 3.24. The van der Waals surface area contributed by atoms with E-state index in [0.29, 0.717) is 13.0 Å². The summed E-state index contributed by atoms with van der Waals surface area (Å²) in [6.45, 7) is 4.53. The van der Waals surface area contributed by atoms with Crippen LogP contribution in [-0.4, -0.2) is 41.9 Å². The van der Waals surface area contributed by atoms with Crippen molar-refractivity contribution in [2.75, 3.05) is 25.0 Å². The Hall–Kier alpha value is -1.88. The maximum absolute atomic E-state index is 13.1. The van der Waals surface area contributed by atoms with Gasteiger partial charge < -0.3 is 10.6 Å². The van der Waals surface area contributed by atoms with Gasteiger partial charge in [-0.1, -0.05) is 44.4 Å². The number of amides is 2. The van der Waals surface area contributed by atoms with Gasteiger partial charge in [0.15, 0.2) is 0 Å². The van der Waals surface area contributed by atoms with Crippen LogP contribution in [0, 0.1) is 0 Å². The second kappa shape index (κ2) is 9.36. The highest BCUT2D eigenvalue weighted by Crippen LogP contribution is 2.36. The molecule has 0 aromatic heterocycles. The first-order chi connectivity index (χ1) is 13.2. The van der Waals surface area contributed by atoms with Crippen molar-refractivity contribution in [2.45, 2.75) is 70.3 Å². The number of aryl methyl sites for hydroxylation is 1. The maximum atomic E-state index is 13.1. The number of para-hydroxylation sites is 1. The number of nitrogens with one attached hydrogen (secondary N) is 2. The van der Waals surface area contributed by atoms with Gasteiger partial charge in [-0.15, -0.1) is 0 Å². The first-order valence-electron chi connectivity index (χ1n) is 10.6. The van der Waals surface area contributed by atoms with E-state index in [1.165, 1.54) is 19.3 Å². The molecule has 3 rings (SSSR count). The monoisotopic (exact) mass is 371 g/mol. The van der Waals surface area contributed by atoms with Gasteiger partial charge >= 0.3 is 0 Å². The Morgan fingerprint density at radius 2 is 1.74 bits per heavy atom. The van der Waals surface area contributed by atoms with Crippen LogP contribution in [0.4, 0.5) is 5.69 Å². The average molecular weight is 372 g/mol. The molecule has 2 N–H and O–H groups in total. The van der Waals surface area contributed by atoms with Gasteiger partial charge in [0.05, 0.1) is 0 Å². The summed E-state index contributed by atoms with van der Waals surface area (Å²) in [5.74, 6) is 0.0842. The summed E-state index contributed by atoms with van der Waals surface area (Å²) in [5, 5.41) is 6.05. The second-order valence-corrected chi connectivity index (χ2v) is 7.85. The minimum absolute atomic E-state index is 0.0462. The third kappa shape index (κ3) is 4.70. The SMILES string of the molecule is CCc1ccccc1NC(=O)CCNC(=O)C1(N2CCCC2)CCCCC1. The van der Waals surface area contributed by atoms with Crippen LogP contribution >= 0.6 is 0 Å². The highest BCUT2D eigenvalue weighted by molar-refractivity contribution is 5.92. The van der Waals surface area contributed by atoms with E-state index < -0.39 is 0 Å². The van der Waals surface area contributed by atoms with E-state index in [4.69, 9.17) is 0 Å². The van der Waals surface area contributed by atoms with E-state index in [-0.39, 0.29) is 17.4 Å². The zero-order valence-corrected chi connectivity index (χ0v) is 16.6. The third-order valence-corrected chi connectivity index (χ3v) is 6.12. The van der Waals surface area contributed by atoms with Crippen molar-refractivity contribution < 1.29 is 9.59 Å². The van der Waals surface area contributed by atoms with Crippen LogP contribution in [0.5, 0.6) is 0 Å². The van der Waals surface area contributed by atoms with Crippen molar-refractivity contribution in [1.82, 2.24) is 10.2 Å². The normalized spacial score (nSPS) is 19.6. The minimum Gasteiger partial charge on any atom is -0.354 e. The van der Waals surface area contributed by atoms with Crippen molar-refractivity contribution >= 4 is 17.5 Å². The number of nitrogens with zero attached hydrogens (tertiary/aromatic N) is 1. The summed E-state index contributed by atoms with van der Waals surface area (Å²) in [6.07, 6.45) is 8.94. The van der Waals surface area contributed by atoms with Crippen LogP contribution in [-0.2, 0) is 16.0 Å². The van der Waals surface area contributed by atoms with Gasteiger partial charge in [0.25, 0.3) is 0 Å². The zero-order valence-electron chi connectivity index (χ0n) is 16.6. The van der Waals surface area contributed by atoms with Crippen molar-refractivity contribution in [3.05, 3.63) is 29.8 Å². The number of carbonyl (C=O) groups excluding carboxylic acids is 2. The van der Waals surface area contributed by atoms with Gasteiger partial charge in [0.1, 0.15) is 5.54 Å². The molecule has 148 valence electrons. The van der Waals surface area contributed by atoms with Crippen LogP contribution in [0.25, 0.3) is 0 Å². The van der Waals surface area contributed by atoms with Gasteiger partial charge in [-0.3, -0.25) is 14.5 Å². The van der Waals surface area contributed by atoms with Gasteiger partial charge in [-0.25, -0.2) is 0 Å². The minimum atomic E-state index is -0.333. The fourth-order valence-electron chi connectivity index (χ4n) is 4.59. The fraction of sp³-hybridized carbons (Fsp3) is 0.636. The third-order valence-electron chi connectivity index (χ3n) is 6.12. The molecule has 0 spiro atoms. The van der Waals surface area contributed by atoms with Crippen molar-refractivity contribution in [3.8, 4) is 0 Å². The summed E-state index contributed by atoms with van der Waals surface area (Å²) in [6, 6.07) is 7.87. The number of hydrogen-bond acceptors (Lipinski definition) is 3. The Kier molecular flexibility index (Phi) is 6.89. The second-order valence-electron chi connectivity index (χ2n) is 7.85. The van der Waals surface area contributed by atoms with Crippen LogP contribution in [0.1, 0.15) is 63.9 Å². The topological polar surface area (TPSA) is 61.4 Å². The van der Waals surface area contributed by atoms with E-state index in [1.54, 1.807) is 0 Å². The Bertz CT molecular complexity index is 647. The molecule has 2 aliphatic rings. The molecular formula is C22H33N3O2. The Morgan fingerprint density at radius 3 is 2.44 bits per heavy atom. The number of hydrogen-bond donors (Lipinski definition) is 2. The molecule has 1 aliphatic heterocycles. The molecule has 5 nitrogen and oxygen atoms in total. The van der Waals surface area contributed by atoms with Crippen LogP contribution in [0.3, 0.4) is 0 Å². The zero-order chi connectivity index (χ0) is 19.1. The number of anilines is 1. The molecular weight excluding hydrogens is 338 g/mol. The number of likely N-dealkylation sites (tertiary alicyclic amines) is 1. The number of rotatable bonds is 7. The molecule has 1 aromatic carbocycles. The lowest BCUT2D eigenvalue weighted by atomic mass is 9.79. The first kappa shape index (κ1) is 19.9. The highest BCUT2D eigenvalue weighted by Gasteiger charge is 2.45. The molecule has 0 bridgehead atoms. The predicted octanol–water partition coefficient (Wildman–Crippen LogP) is 3.49. The summed E-state index contributed by atoms with van der Waals surface area (Å²) >= 11 is 0. The van der Waals surface area contributed by atoms with Gasteiger partial charge in [0.2, 0.25) is 11.8 Å². The van der Waals surface area contributed by atoms with E-state index in [1.807, 2.05) is 24.3 Å². The summed E-state index contributed by atoms with van der Waals surface area (Å²) < 4.78 is 0. The molecule has 0 radical (unpaired) electrons. The van der Waals surface area contributed by atoms with Crippen LogP contribution in [0.15, 0.2) is 24.3 Å². The lowest BCUT2D eigenvalue weighted by Crippen LogP contribution is -2.59. The Balaban J connectivity index is 1.52. The molecule has 1 heterocycles. The quantitative estimate of drug-likeness (QED) is 0.771. The molecule has 2 amide bonds. The van der Waals surface area contributed by atoms with Crippen molar-refractivity contribution in [2.24, 2.45) is 0 Å². The summed E-state index contributed by atoms with van der Waals surface area (Å²) in [4.78, 5) is 27.8. The lowest BCUT2D eigenvalue weighted by Gasteiger charge is -2.43. The molecule has 0 unspecified atom stereocenters. The molecule has 1 saturated heterocycles. The van der Waals surface area contributed by atoms with E-state index in [9.17, 15) is 9.59 Å². The van der Waals surface area contributed by atoms with Gasteiger partial charge in [-0.2, -0.15) is 0 Å². The molecule has 1 saturated carbocycles. The first-order valence-corrected chi connectivity index (χ1v) is 10.6. The number of carbonyl (C=O) groups is 2. The van der Waals surface area contributed by atoms with Crippen LogP contribution < -0.4 is 10.6 Å². The highest BCUT2D eigenvalue weighted by atomic mass is 16.2. The summed E-state index contributed by atoms with van der Waals surface area (Å²) in [7, 11) is 0. The van der Waals surface area contributed by atoms with Gasteiger partial charge in [0, 0.05) is 18.7 Å². The smallest absolute Gasteiger partial charge is 0.240 e. The van der Waals surface area contributed by atoms with Crippen LogP contribution in [0.2, 0.25) is 0 Å².